The van der Waals surface area contributed by atoms with Gasteiger partial charge in [-0.05, 0) is 25.0 Å². The van der Waals surface area contributed by atoms with Gasteiger partial charge < -0.3 is 10.2 Å². The maximum atomic E-state index is 11.6. The number of unbranched alkanes of at least 4 members (excludes halogenated alkanes) is 22. The fraction of sp³-hybridized carbons (Fsp3) is 0.967. The lowest BCUT2D eigenvalue weighted by molar-refractivity contribution is -0.149. The van der Waals surface area contributed by atoms with Gasteiger partial charge in [-0.3, -0.25) is 0 Å². The molecule has 1 unspecified atom stereocenters. The van der Waals surface area contributed by atoms with Crippen LogP contribution in [0, 0.1) is 0 Å². The standard InChI is InChI=1S/C30H60O3S/c1-3-5-7-9-11-13-15-16-17-18-20-22-24-26-28-34-30(33,29(31)32)27-25-23-21-19-14-12-10-8-6-4-2/h33H,3-28H2,1-2H3,(H,31,32). The first kappa shape index (κ1) is 33.8. The first-order valence-corrected chi connectivity index (χ1v) is 16.1. The van der Waals surface area contributed by atoms with Gasteiger partial charge in [0.25, 0.3) is 0 Å². The van der Waals surface area contributed by atoms with E-state index >= 15 is 0 Å². The quantitative estimate of drug-likeness (QED) is 0.0828. The largest absolute Gasteiger partial charge is 0.478 e. The molecule has 3 nitrogen and oxygen atoms in total. The van der Waals surface area contributed by atoms with Crippen molar-refractivity contribution in [3.8, 4) is 0 Å². The third-order valence-corrected chi connectivity index (χ3v) is 8.39. The first-order chi connectivity index (χ1) is 16.6. The van der Waals surface area contributed by atoms with Crippen molar-refractivity contribution >= 4 is 17.7 Å². The highest BCUT2D eigenvalue weighted by Gasteiger charge is 2.35. The molecule has 1 atom stereocenters. The Kier molecular flexibility index (Phi) is 25.7. The smallest absolute Gasteiger partial charge is 0.346 e. The summed E-state index contributed by atoms with van der Waals surface area (Å²) in [5.41, 5.74) is 0. The molecule has 0 aromatic carbocycles. The van der Waals surface area contributed by atoms with Crippen LogP contribution in [-0.2, 0) is 4.79 Å². The lowest BCUT2D eigenvalue weighted by atomic mass is 10.0. The molecule has 34 heavy (non-hydrogen) atoms. The lowest BCUT2D eigenvalue weighted by Crippen LogP contribution is -2.35. The summed E-state index contributed by atoms with van der Waals surface area (Å²) >= 11 is 1.25. The molecule has 0 aliphatic heterocycles. The summed E-state index contributed by atoms with van der Waals surface area (Å²) in [6.07, 6.45) is 31.2. The number of rotatable bonds is 28. The number of carboxylic acids is 1. The summed E-state index contributed by atoms with van der Waals surface area (Å²) in [5, 5.41) is 20.1. The average Bonchev–Trinajstić information content (AvgIpc) is 2.82. The highest BCUT2D eigenvalue weighted by molar-refractivity contribution is 8.01. The van der Waals surface area contributed by atoms with Gasteiger partial charge in [0.05, 0.1) is 0 Å². The van der Waals surface area contributed by atoms with Crippen molar-refractivity contribution in [3.05, 3.63) is 0 Å². The Hall–Kier alpha value is -0.220. The van der Waals surface area contributed by atoms with Crippen molar-refractivity contribution in [1.29, 1.82) is 0 Å². The van der Waals surface area contributed by atoms with Crippen molar-refractivity contribution in [2.75, 3.05) is 5.75 Å². The average molecular weight is 501 g/mol. The fourth-order valence-electron chi connectivity index (χ4n) is 4.63. The number of carboxylic acid groups (broad SMARTS) is 1. The molecule has 0 saturated carbocycles. The van der Waals surface area contributed by atoms with E-state index in [4.69, 9.17) is 0 Å². The van der Waals surface area contributed by atoms with Crippen LogP contribution in [0.2, 0.25) is 0 Å². The van der Waals surface area contributed by atoms with Crippen LogP contribution < -0.4 is 0 Å². The van der Waals surface area contributed by atoms with Gasteiger partial charge in [0, 0.05) is 0 Å². The van der Waals surface area contributed by atoms with Crippen molar-refractivity contribution in [1.82, 2.24) is 0 Å². The van der Waals surface area contributed by atoms with Crippen LogP contribution in [0.1, 0.15) is 174 Å². The molecule has 4 heteroatoms. The molecule has 0 rings (SSSR count). The zero-order chi connectivity index (χ0) is 25.2. The topological polar surface area (TPSA) is 57.5 Å². The molecule has 0 amide bonds. The van der Waals surface area contributed by atoms with E-state index in [1.165, 1.54) is 134 Å². The Morgan fingerprint density at radius 3 is 1.15 bits per heavy atom. The third kappa shape index (κ3) is 22.3. The number of hydrogen-bond donors (Lipinski definition) is 2. The van der Waals surface area contributed by atoms with Crippen molar-refractivity contribution in [2.45, 2.75) is 179 Å². The third-order valence-electron chi connectivity index (χ3n) is 7.04. The molecule has 0 aromatic heterocycles. The molecular weight excluding hydrogens is 440 g/mol. The molecule has 0 heterocycles. The second-order valence-electron chi connectivity index (χ2n) is 10.5. The van der Waals surface area contributed by atoms with Crippen LogP contribution in [0.3, 0.4) is 0 Å². The zero-order valence-corrected chi connectivity index (χ0v) is 23.9. The number of aliphatic carboxylic acids is 1. The normalized spacial score (nSPS) is 13.3. The SMILES string of the molecule is CCCCCCCCCCCCCCCCSC(O)(CCCCCCCCCCCC)C(=O)O. The Labute approximate surface area is 217 Å². The minimum Gasteiger partial charge on any atom is -0.478 e. The van der Waals surface area contributed by atoms with E-state index in [0.717, 1.165) is 37.9 Å². The van der Waals surface area contributed by atoms with Crippen molar-refractivity contribution in [2.24, 2.45) is 0 Å². The van der Waals surface area contributed by atoms with Crippen molar-refractivity contribution in [3.63, 3.8) is 0 Å². The number of carbonyl (C=O) groups is 1. The Bertz CT molecular complexity index is 429. The summed E-state index contributed by atoms with van der Waals surface area (Å²) in [5.74, 6) is -0.308. The Balaban J connectivity index is 3.56. The van der Waals surface area contributed by atoms with E-state index in [9.17, 15) is 15.0 Å². The number of hydrogen-bond acceptors (Lipinski definition) is 3. The van der Waals surface area contributed by atoms with Crippen LogP contribution in [0.4, 0.5) is 0 Å². The van der Waals surface area contributed by atoms with Gasteiger partial charge in [-0.2, -0.15) is 0 Å². The maximum Gasteiger partial charge on any atom is 0.346 e. The highest BCUT2D eigenvalue weighted by atomic mass is 32.2. The molecule has 0 fully saturated rings. The van der Waals surface area contributed by atoms with Crippen LogP contribution in [0.25, 0.3) is 0 Å². The maximum absolute atomic E-state index is 11.6. The molecule has 204 valence electrons. The minimum absolute atomic E-state index is 0.377. The second kappa shape index (κ2) is 25.9. The van der Waals surface area contributed by atoms with Crippen LogP contribution in [0.5, 0.6) is 0 Å². The summed E-state index contributed by atoms with van der Waals surface area (Å²) in [6, 6.07) is 0. The highest BCUT2D eigenvalue weighted by Crippen LogP contribution is 2.30. The van der Waals surface area contributed by atoms with E-state index in [-0.39, 0.29) is 0 Å². The molecule has 0 spiro atoms. The molecule has 0 aromatic rings. The number of thioether (sulfide) groups is 1. The van der Waals surface area contributed by atoms with Gasteiger partial charge in [0.2, 0.25) is 4.93 Å². The zero-order valence-electron chi connectivity index (χ0n) is 23.1. The molecule has 0 aliphatic carbocycles. The van der Waals surface area contributed by atoms with Crippen LogP contribution >= 0.6 is 11.8 Å². The van der Waals surface area contributed by atoms with Crippen LogP contribution in [0.15, 0.2) is 0 Å². The Morgan fingerprint density at radius 1 is 0.529 bits per heavy atom. The summed E-state index contributed by atoms with van der Waals surface area (Å²) in [7, 11) is 0. The summed E-state index contributed by atoms with van der Waals surface area (Å²) in [6.45, 7) is 4.52. The van der Waals surface area contributed by atoms with E-state index in [1.807, 2.05) is 0 Å². The fourth-order valence-corrected chi connectivity index (χ4v) is 5.73. The molecular formula is C30H60O3S. The van der Waals surface area contributed by atoms with E-state index in [0.29, 0.717) is 6.42 Å². The first-order valence-electron chi connectivity index (χ1n) is 15.2. The molecule has 0 radical (unpaired) electrons. The molecule has 0 aliphatic rings. The van der Waals surface area contributed by atoms with Gasteiger partial charge in [-0.1, -0.05) is 155 Å². The van der Waals surface area contributed by atoms with Gasteiger partial charge >= 0.3 is 5.97 Å². The number of aliphatic hydroxyl groups is 1. The Morgan fingerprint density at radius 2 is 0.824 bits per heavy atom. The van der Waals surface area contributed by atoms with Gasteiger partial charge in [0.1, 0.15) is 0 Å². The summed E-state index contributed by atoms with van der Waals surface area (Å²) < 4.78 is 0. The second-order valence-corrected chi connectivity index (χ2v) is 11.8. The minimum atomic E-state index is -1.59. The summed E-state index contributed by atoms with van der Waals surface area (Å²) in [4.78, 5) is 10.0. The van der Waals surface area contributed by atoms with Crippen LogP contribution in [-0.4, -0.2) is 26.9 Å². The van der Waals surface area contributed by atoms with Crippen molar-refractivity contribution < 1.29 is 15.0 Å². The lowest BCUT2D eigenvalue weighted by Gasteiger charge is -2.22. The van der Waals surface area contributed by atoms with E-state index in [2.05, 4.69) is 13.8 Å². The van der Waals surface area contributed by atoms with Gasteiger partial charge in [0.15, 0.2) is 0 Å². The monoisotopic (exact) mass is 500 g/mol. The van der Waals surface area contributed by atoms with E-state index < -0.39 is 10.9 Å². The van der Waals surface area contributed by atoms with Gasteiger partial charge in [-0.25, -0.2) is 4.79 Å². The van der Waals surface area contributed by atoms with Gasteiger partial charge in [-0.15, -0.1) is 11.8 Å². The molecule has 0 bridgehead atoms. The predicted molar refractivity (Wildman–Crippen MR) is 152 cm³/mol. The predicted octanol–water partition coefficient (Wildman–Crippen LogP) is 10.3. The molecule has 0 saturated heterocycles. The van der Waals surface area contributed by atoms with E-state index in [1.54, 1.807) is 0 Å². The molecule has 2 N–H and O–H groups in total.